The van der Waals surface area contributed by atoms with Gasteiger partial charge in [-0.3, -0.25) is 4.98 Å². The highest BCUT2D eigenvalue weighted by Crippen LogP contribution is 2.43. The summed E-state index contributed by atoms with van der Waals surface area (Å²) in [5, 5.41) is 10.1. The molecule has 0 fully saturated rings. The van der Waals surface area contributed by atoms with E-state index in [-0.39, 0.29) is 0 Å². The second-order valence-corrected chi connectivity index (χ2v) is 13.9. The van der Waals surface area contributed by atoms with Gasteiger partial charge in [0.2, 0.25) is 0 Å². The van der Waals surface area contributed by atoms with Crippen LogP contribution in [0.4, 0.5) is 17.1 Å². The lowest BCUT2D eigenvalue weighted by Gasteiger charge is -2.26. The summed E-state index contributed by atoms with van der Waals surface area (Å²) in [6.45, 7) is 0. The molecule has 2 heterocycles. The fraction of sp³-hybridized carbons (Fsp3) is 0. The Labute approximate surface area is 294 Å². The number of hydrogen-bond acceptors (Lipinski definition) is 3. The smallest absolute Gasteiger partial charge is 0.0468 e. The van der Waals surface area contributed by atoms with Gasteiger partial charge in [0.15, 0.2) is 0 Å². The zero-order chi connectivity index (χ0) is 33.0. The number of anilines is 3. The largest absolute Gasteiger partial charge is 0.310 e. The van der Waals surface area contributed by atoms with Gasteiger partial charge in [-0.15, -0.1) is 11.3 Å². The van der Waals surface area contributed by atoms with Gasteiger partial charge >= 0.3 is 0 Å². The molecule has 234 valence electrons. The first-order valence-electron chi connectivity index (χ1n) is 16.9. The number of thiophene rings is 1. The Kier molecular flexibility index (Phi) is 6.71. The van der Waals surface area contributed by atoms with Crippen molar-refractivity contribution in [2.45, 2.75) is 0 Å². The first kappa shape index (κ1) is 28.7. The van der Waals surface area contributed by atoms with Crippen LogP contribution in [0.15, 0.2) is 182 Å². The number of hydrogen-bond donors (Lipinski definition) is 0. The molecule has 0 radical (unpaired) electrons. The van der Waals surface area contributed by atoms with Crippen molar-refractivity contribution in [1.82, 2.24) is 4.98 Å². The molecule has 0 saturated heterocycles. The fourth-order valence-corrected chi connectivity index (χ4v) is 8.58. The molecule has 8 aromatic carbocycles. The molecule has 0 aliphatic carbocycles. The third-order valence-corrected chi connectivity index (χ3v) is 11.1. The molecule has 0 spiro atoms. The number of benzene rings is 8. The minimum absolute atomic E-state index is 1.11. The van der Waals surface area contributed by atoms with Crippen molar-refractivity contribution >= 4 is 80.9 Å². The van der Waals surface area contributed by atoms with Crippen LogP contribution in [0.1, 0.15) is 0 Å². The summed E-state index contributed by atoms with van der Waals surface area (Å²) in [7, 11) is 0. The monoisotopic (exact) mass is 654 g/mol. The van der Waals surface area contributed by atoms with E-state index in [1.54, 1.807) is 0 Å². The molecule has 0 aliphatic rings. The molecular weight excluding hydrogens is 625 g/mol. The Hall–Kier alpha value is -6.29. The Morgan fingerprint density at radius 2 is 1.02 bits per heavy atom. The topological polar surface area (TPSA) is 16.1 Å². The van der Waals surface area contributed by atoms with E-state index in [0.29, 0.717) is 0 Å². The van der Waals surface area contributed by atoms with Gasteiger partial charge in [-0.25, -0.2) is 0 Å². The van der Waals surface area contributed by atoms with Crippen molar-refractivity contribution < 1.29 is 0 Å². The Morgan fingerprint density at radius 1 is 0.400 bits per heavy atom. The zero-order valence-electron chi connectivity index (χ0n) is 27.1. The van der Waals surface area contributed by atoms with Crippen LogP contribution in [0.3, 0.4) is 0 Å². The van der Waals surface area contributed by atoms with Gasteiger partial charge in [-0.1, -0.05) is 115 Å². The van der Waals surface area contributed by atoms with Crippen molar-refractivity contribution in [3.05, 3.63) is 182 Å². The molecule has 2 nitrogen and oxygen atoms in total. The molecule has 0 amide bonds. The van der Waals surface area contributed by atoms with Crippen LogP contribution < -0.4 is 4.90 Å². The average molecular weight is 655 g/mol. The van der Waals surface area contributed by atoms with Crippen molar-refractivity contribution in [3.8, 4) is 22.3 Å². The minimum Gasteiger partial charge on any atom is -0.310 e. The minimum atomic E-state index is 1.11. The van der Waals surface area contributed by atoms with Crippen LogP contribution in [0.2, 0.25) is 0 Å². The van der Waals surface area contributed by atoms with E-state index < -0.39 is 0 Å². The van der Waals surface area contributed by atoms with Gasteiger partial charge < -0.3 is 4.90 Å². The van der Waals surface area contributed by atoms with Gasteiger partial charge in [-0.05, 0) is 109 Å². The second-order valence-electron chi connectivity index (χ2n) is 12.8. The number of rotatable bonds is 5. The molecule has 0 bridgehead atoms. The van der Waals surface area contributed by atoms with Gasteiger partial charge in [0, 0.05) is 49.6 Å². The van der Waals surface area contributed by atoms with Crippen LogP contribution in [0.5, 0.6) is 0 Å². The van der Waals surface area contributed by atoms with Gasteiger partial charge in [0.25, 0.3) is 0 Å². The summed E-state index contributed by atoms with van der Waals surface area (Å²) < 4.78 is 2.52. The maximum atomic E-state index is 4.45. The Morgan fingerprint density at radius 3 is 1.80 bits per heavy atom. The molecule has 0 N–H and O–H groups in total. The molecule has 10 rings (SSSR count). The highest BCUT2D eigenvalue weighted by Gasteiger charge is 2.17. The van der Waals surface area contributed by atoms with Crippen LogP contribution in [0.25, 0.3) is 74.7 Å². The SMILES string of the molecule is c1ccc(-c2ccc(N(c3ccc(-c4cc5ccccc5c5c4ccc4ccccc45)cc3)c3ccc4sc5ccncc5c4c3)cc2)cc1. The maximum absolute atomic E-state index is 4.45. The lowest BCUT2D eigenvalue weighted by molar-refractivity contribution is 1.29. The number of pyridine rings is 1. The summed E-state index contributed by atoms with van der Waals surface area (Å²) in [5.41, 5.74) is 8.18. The first-order valence-corrected chi connectivity index (χ1v) is 17.8. The van der Waals surface area contributed by atoms with Gasteiger partial charge in [-0.2, -0.15) is 0 Å². The van der Waals surface area contributed by atoms with E-state index in [4.69, 9.17) is 0 Å². The first-order chi connectivity index (χ1) is 24.8. The lowest BCUT2D eigenvalue weighted by Crippen LogP contribution is -2.09. The number of nitrogens with zero attached hydrogens (tertiary/aromatic N) is 2. The van der Waals surface area contributed by atoms with Crippen LogP contribution in [-0.4, -0.2) is 4.98 Å². The molecule has 0 saturated carbocycles. The molecule has 0 aliphatic heterocycles. The van der Waals surface area contributed by atoms with Crippen LogP contribution in [0, 0.1) is 0 Å². The van der Waals surface area contributed by atoms with Crippen molar-refractivity contribution in [2.24, 2.45) is 0 Å². The number of fused-ring (bicyclic) bond motifs is 8. The summed E-state index contributed by atoms with van der Waals surface area (Å²) in [6.07, 6.45) is 3.87. The van der Waals surface area contributed by atoms with E-state index in [0.717, 1.165) is 17.1 Å². The highest BCUT2D eigenvalue weighted by atomic mass is 32.1. The molecule has 50 heavy (non-hydrogen) atoms. The maximum Gasteiger partial charge on any atom is 0.0468 e. The highest BCUT2D eigenvalue weighted by molar-refractivity contribution is 7.25. The van der Waals surface area contributed by atoms with Crippen LogP contribution in [-0.2, 0) is 0 Å². The van der Waals surface area contributed by atoms with Gasteiger partial charge in [0.05, 0.1) is 0 Å². The van der Waals surface area contributed by atoms with Crippen molar-refractivity contribution in [1.29, 1.82) is 0 Å². The molecule has 3 heteroatoms. The third-order valence-electron chi connectivity index (χ3n) is 9.93. The Bertz CT molecular complexity index is 2840. The standard InChI is InChI=1S/C47H30N2S/c1-2-8-31(9-3-1)32-14-19-36(20-15-32)49(38-23-25-45-43(29-38)44-30-48-27-26-46(44)50-45)37-21-16-34(17-22-37)42-28-35-11-5-7-13-40(35)47-39-12-6-4-10-33(39)18-24-41(42)47/h1-30H. The van der Waals surface area contributed by atoms with Crippen molar-refractivity contribution in [2.75, 3.05) is 4.90 Å². The predicted molar refractivity (Wildman–Crippen MR) is 215 cm³/mol. The average Bonchev–Trinajstić information content (AvgIpc) is 3.56. The van der Waals surface area contributed by atoms with Crippen LogP contribution >= 0.6 is 11.3 Å². The van der Waals surface area contributed by atoms with E-state index in [1.165, 1.54) is 74.7 Å². The number of aromatic nitrogens is 1. The molecule has 2 aromatic heterocycles. The summed E-state index contributed by atoms with van der Waals surface area (Å²) >= 11 is 1.82. The molecule has 0 unspecified atom stereocenters. The lowest BCUT2D eigenvalue weighted by atomic mass is 9.90. The third kappa shape index (κ3) is 4.74. The van der Waals surface area contributed by atoms with E-state index >= 15 is 0 Å². The quantitative estimate of drug-likeness (QED) is 0.172. The predicted octanol–water partition coefficient (Wildman–Crippen LogP) is 13.7. The summed E-state index contributed by atoms with van der Waals surface area (Å²) in [5.74, 6) is 0. The second kappa shape index (κ2) is 11.7. The molecular formula is C47H30N2S. The fourth-order valence-electron chi connectivity index (χ4n) is 7.53. The van der Waals surface area contributed by atoms with Gasteiger partial charge in [0.1, 0.15) is 0 Å². The van der Waals surface area contributed by atoms with E-state index in [1.807, 2.05) is 23.7 Å². The summed E-state index contributed by atoms with van der Waals surface area (Å²) in [6, 6.07) is 61.9. The van der Waals surface area contributed by atoms with E-state index in [2.05, 4.69) is 180 Å². The zero-order valence-corrected chi connectivity index (χ0v) is 27.9. The molecule has 0 atom stereocenters. The Balaban J connectivity index is 1.13. The normalized spacial score (nSPS) is 11.6. The van der Waals surface area contributed by atoms with E-state index in [9.17, 15) is 0 Å². The van der Waals surface area contributed by atoms with Crippen molar-refractivity contribution in [3.63, 3.8) is 0 Å². The molecule has 10 aromatic rings. The summed E-state index contributed by atoms with van der Waals surface area (Å²) in [4.78, 5) is 6.82.